The second kappa shape index (κ2) is 12.3. The molecule has 3 aliphatic heterocycles. The fourth-order valence-electron chi connectivity index (χ4n) is 4.43. The first kappa shape index (κ1) is 32.5. The highest BCUT2D eigenvalue weighted by Crippen LogP contribution is 2.22. The van der Waals surface area contributed by atoms with E-state index in [2.05, 4.69) is 16.0 Å². The molecule has 3 heterocycles. The highest BCUT2D eigenvalue weighted by Gasteiger charge is 2.47. The molecule has 0 radical (unpaired) electrons. The molecule has 3 fully saturated rings. The minimum absolute atomic E-state index is 0.0309. The fraction of sp³-hybridized carbons (Fsp3) is 1.00. The lowest BCUT2D eigenvalue weighted by atomic mass is 9.89. The first-order valence-electron chi connectivity index (χ1n) is 11.6. The molecule has 14 N–H and O–H groups in total. The first-order chi connectivity index (χ1) is 15.8. The lowest BCUT2D eigenvalue weighted by molar-refractivity contribution is -0.198. The zero-order chi connectivity index (χ0) is 27.5. The molecule has 0 aromatic rings. The summed E-state index contributed by atoms with van der Waals surface area (Å²) in [4.78, 5) is 0. The van der Waals surface area contributed by atoms with E-state index >= 15 is 0 Å². The van der Waals surface area contributed by atoms with Crippen LogP contribution in [0.1, 0.15) is 47.5 Å². The standard InChI is InChI=1S/2C7H15NO4.C7H15NO3/c1-7(12)6(11)5(10)2-4(3-9)8-7;1-3-4(9)5(10)6(11)7(2,12)8-3;1-4-3-5(9)6(10)7(2,11)8-4/h4-6,8-12H,2-3H2,1H3;3-6,8-12H,1-2H3;4-6,8-11H,3H2,1-2H3/t4-,5+,6-,7+;3-,4+,5-,6+,7-;4-,5-,6+,7-/m011/s1. The van der Waals surface area contributed by atoms with Crippen molar-refractivity contribution in [2.24, 2.45) is 0 Å². The molecule has 14 heteroatoms. The number of hydrogen-bond acceptors (Lipinski definition) is 14. The molecule has 0 unspecified atom stereocenters. The van der Waals surface area contributed by atoms with E-state index in [1.807, 2.05) is 6.92 Å². The van der Waals surface area contributed by atoms with Crippen LogP contribution in [-0.4, -0.2) is 141 Å². The van der Waals surface area contributed by atoms with Crippen LogP contribution in [-0.2, 0) is 0 Å². The smallest absolute Gasteiger partial charge is 0.142 e. The van der Waals surface area contributed by atoms with Crippen molar-refractivity contribution >= 4 is 0 Å². The van der Waals surface area contributed by atoms with Gasteiger partial charge in [-0.2, -0.15) is 0 Å². The lowest BCUT2D eigenvalue weighted by Crippen LogP contribution is -2.70. The van der Waals surface area contributed by atoms with Gasteiger partial charge in [0.15, 0.2) is 0 Å². The van der Waals surface area contributed by atoms with Crippen LogP contribution in [0, 0.1) is 0 Å². The zero-order valence-electron chi connectivity index (χ0n) is 20.8. The van der Waals surface area contributed by atoms with Gasteiger partial charge >= 0.3 is 0 Å². The maximum absolute atomic E-state index is 9.48. The second-order valence-corrected chi connectivity index (χ2v) is 10.4. The Balaban J connectivity index is 0.000000263. The molecule has 0 aromatic heterocycles. The van der Waals surface area contributed by atoms with Gasteiger partial charge in [0.1, 0.15) is 41.6 Å². The van der Waals surface area contributed by atoms with Crippen molar-refractivity contribution in [2.45, 2.75) is 125 Å². The Hall–Kier alpha value is -0.560. The Bertz CT molecular complexity index is 646. The molecule has 0 bridgehead atoms. The summed E-state index contributed by atoms with van der Waals surface area (Å²) in [5.74, 6) is 0. The van der Waals surface area contributed by atoms with Gasteiger partial charge in [0.05, 0.1) is 24.9 Å². The molecule has 3 aliphatic rings. The average Bonchev–Trinajstić information content (AvgIpc) is 2.73. The Morgan fingerprint density at radius 3 is 1.49 bits per heavy atom. The van der Waals surface area contributed by atoms with Gasteiger partial charge in [0, 0.05) is 18.1 Å². The first-order valence-corrected chi connectivity index (χ1v) is 11.6. The Morgan fingerprint density at radius 2 is 1.06 bits per heavy atom. The molecule has 3 rings (SSSR count). The Kier molecular flexibility index (Phi) is 11.4. The predicted octanol–water partition coefficient (Wildman–Crippen LogP) is -5.66. The molecular formula is C21H45N3O11. The van der Waals surface area contributed by atoms with Gasteiger partial charge < -0.3 is 56.2 Å². The van der Waals surface area contributed by atoms with Crippen LogP contribution in [0.2, 0.25) is 0 Å². The van der Waals surface area contributed by atoms with Crippen molar-refractivity contribution in [3.63, 3.8) is 0 Å². The van der Waals surface area contributed by atoms with Gasteiger partial charge in [-0.05, 0) is 47.5 Å². The highest BCUT2D eigenvalue weighted by atomic mass is 16.4. The molecular weight excluding hydrogens is 470 g/mol. The molecule has 14 nitrogen and oxygen atoms in total. The summed E-state index contributed by atoms with van der Waals surface area (Å²) >= 11 is 0. The van der Waals surface area contributed by atoms with Crippen molar-refractivity contribution in [3.8, 4) is 0 Å². The third kappa shape index (κ3) is 8.48. The SMILES string of the molecule is C[C@@H]1C[C@@H](O)[C@H](O)[C@@](C)(O)N1.C[C@H]1N[C@](C)(O)[C@@H](O)[C@H](O)[C@H]1O.C[C@]1(O)N[C@H](CO)C[C@@H](O)[C@@H]1O. The molecule has 0 spiro atoms. The van der Waals surface area contributed by atoms with Crippen molar-refractivity contribution < 1.29 is 56.2 Å². The summed E-state index contributed by atoms with van der Waals surface area (Å²) in [5, 5.41) is 110. The molecule has 0 amide bonds. The monoisotopic (exact) mass is 515 g/mol. The van der Waals surface area contributed by atoms with E-state index in [0.717, 1.165) is 0 Å². The van der Waals surface area contributed by atoms with E-state index < -0.39 is 65.9 Å². The van der Waals surface area contributed by atoms with Crippen LogP contribution in [0.5, 0.6) is 0 Å². The Morgan fingerprint density at radius 1 is 0.629 bits per heavy atom. The maximum atomic E-state index is 9.48. The van der Waals surface area contributed by atoms with Crippen LogP contribution < -0.4 is 16.0 Å². The van der Waals surface area contributed by atoms with E-state index in [4.69, 9.17) is 5.11 Å². The van der Waals surface area contributed by atoms with Crippen molar-refractivity contribution in [1.29, 1.82) is 0 Å². The molecule has 3 saturated heterocycles. The molecule has 210 valence electrons. The number of hydrogen-bond donors (Lipinski definition) is 14. The third-order valence-corrected chi connectivity index (χ3v) is 6.54. The summed E-state index contributed by atoms with van der Waals surface area (Å²) in [6, 6.07) is -0.778. The van der Waals surface area contributed by atoms with Crippen molar-refractivity contribution in [1.82, 2.24) is 16.0 Å². The van der Waals surface area contributed by atoms with Gasteiger partial charge in [0.2, 0.25) is 0 Å². The summed E-state index contributed by atoms with van der Waals surface area (Å²) in [7, 11) is 0. The third-order valence-electron chi connectivity index (χ3n) is 6.54. The number of piperidine rings is 3. The van der Waals surface area contributed by atoms with Crippen LogP contribution in [0.4, 0.5) is 0 Å². The van der Waals surface area contributed by atoms with Gasteiger partial charge in [-0.1, -0.05) is 0 Å². The normalized spacial score (nSPS) is 52.5. The van der Waals surface area contributed by atoms with E-state index in [1.165, 1.54) is 20.8 Å². The molecule has 0 aliphatic carbocycles. The van der Waals surface area contributed by atoms with Gasteiger partial charge in [-0.15, -0.1) is 0 Å². The number of nitrogens with one attached hydrogen (secondary N) is 3. The van der Waals surface area contributed by atoms with E-state index in [0.29, 0.717) is 6.42 Å². The predicted molar refractivity (Wildman–Crippen MR) is 122 cm³/mol. The second-order valence-electron chi connectivity index (χ2n) is 10.4. The lowest BCUT2D eigenvalue weighted by Gasteiger charge is -2.44. The van der Waals surface area contributed by atoms with Crippen LogP contribution in [0.15, 0.2) is 0 Å². The van der Waals surface area contributed by atoms with Crippen LogP contribution in [0.3, 0.4) is 0 Å². The van der Waals surface area contributed by atoms with E-state index in [1.54, 1.807) is 6.92 Å². The molecule has 35 heavy (non-hydrogen) atoms. The van der Waals surface area contributed by atoms with Gasteiger partial charge in [0.25, 0.3) is 0 Å². The van der Waals surface area contributed by atoms with Crippen LogP contribution >= 0.6 is 0 Å². The summed E-state index contributed by atoms with van der Waals surface area (Å²) in [6.45, 7) is 7.47. The zero-order valence-corrected chi connectivity index (χ0v) is 20.8. The number of rotatable bonds is 1. The van der Waals surface area contributed by atoms with Crippen molar-refractivity contribution in [2.75, 3.05) is 6.61 Å². The minimum Gasteiger partial charge on any atom is -0.395 e. The van der Waals surface area contributed by atoms with Gasteiger partial charge in [-0.3, -0.25) is 16.0 Å². The van der Waals surface area contributed by atoms with E-state index in [-0.39, 0.29) is 25.1 Å². The fourth-order valence-corrected chi connectivity index (χ4v) is 4.43. The highest BCUT2D eigenvalue weighted by molar-refractivity contribution is 4.99. The van der Waals surface area contributed by atoms with Crippen molar-refractivity contribution in [3.05, 3.63) is 0 Å². The van der Waals surface area contributed by atoms with Gasteiger partial charge in [-0.25, -0.2) is 0 Å². The minimum atomic E-state index is -1.54. The largest absolute Gasteiger partial charge is 0.395 e. The average molecular weight is 516 g/mol. The molecule has 13 atom stereocenters. The topological polar surface area (TPSA) is 259 Å². The molecule has 0 saturated carbocycles. The summed E-state index contributed by atoms with van der Waals surface area (Å²) < 4.78 is 0. The van der Waals surface area contributed by atoms with E-state index in [9.17, 15) is 51.1 Å². The Labute approximate surface area is 204 Å². The quantitative estimate of drug-likeness (QED) is 0.155. The summed E-state index contributed by atoms with van der Waals surface area (Å²) in [5.41, 5.74) is -4.43. The molecule has 0 aromatic carbocycles. The van der Waals surface area contributed by atoms with Crippen LogP contribution in [0.25, 0.3) is 0 Å². The summed E-state index contributed by atoms with van der Waals surface area (Å²) in [6.07, 6.45) is -7.15. The number of aliphatic hydroxyl groups is 11. The number of aliphatic hydroxyl groups excluding tert-OH is 8. The maximum Gasteiger partial charge on any atom is 0.142 e.